The van der Waals surface area contributed by atoms with E-state index < -0.39 is 10.9 Å². The van der Waals surface area contributed by atoms with E-state index in [4.69, 9.17) is 0 Å². The quantitative estimate of drug-likeness (QED) is 0.403. The number of aliphatic carboxylic acids is 1. The van der Waals surface area contributed by atoms with Gasteiger partial charge >= 0.3 is 5.97 Å². The molecule has 0 spiro atoms. The Hall–Kier alpha value is -2.95. The minimum Gasteiger partial charge on any atom is -0.478 e. The van der Waals surface area contributed by atoms with Gasteiger partial charge in [-0.3, -0.25) is 10.1 Å². The molecule has 0 saturated carbocycles. The highest BCUT2D eigenvalue weighted by molar-refractivity contribution is 6.20. The molecule has 5 nitrogen and oxygen atoms in total. The molecule has 2 aromatic rings. The fourth-order valence-corrected chi connectivity index (χ4v) is 1.94. The Balaban J connectivity index is 2.42. The number of benzene rings is 2. The van der Waals surface area contributed by atoms with Crippen LogP contribution in [-0.2, 0) is 4.79 Å². The third kappa shape index (κ3) is 3.54. The van der Waals surface area contributed by atoms with E-state index in [9.17, 15) is 20.0 Å². The van der Waals surface area contributed by atoms with Crippen molar-refractivity contribution in [3.63, 3.8) is 0 Å². The topological polar surface area (TPSA) is 80.4 Å². The van der Waals surface area contributed by atoms with Crippen LogP contribution in [0.2, 0.25) is 0 Å². The molecule has 0 aliphatic rings. The number of carboxylic acids is 1. The van der Waals surface area contributed by atoms with Crippen LogP contribution in [0.25, 0.3) is 11.6 Å². The fourth-order valence-electron chi connectivity index (χ4n) is 1.94. The molecular formula is C16H13NO4. The molecule has 0 bridgehead atoms. The van der Waals surface area contributed by atoms with Gasteiger partial charge in [-0.05, 0) is 36.3 Å². The third-order valence-corrected chi connectivity index (χ3v) is 2.97. The van der Waals surface area contributed by atoms with E-state index in [1.165, 1.54) is 30.3 Å². The lowest BCUT2D eigenvalue weighted by Gasteiger charge is -2.04. The molecule has 0 aromatic heterocycles. The van der Waals surface area contributed by atoms with Crippen LogP contribution in [0.1, 0.15) is 16.7 Å². The number of nitro benzene ring substituents is 1. The van der Waals surface area contributed by atoms with Gasteiger partial charge in [-0.1, -0.05) is 29.8 Å². The van der Waals surface area contributed by atoms with Crippen molar-refractivity contribution in [3.05, 3.63) is 75.3 Å². The molecule has 0 aliphatic heterocycles. The van der Waals surface area contributed by atoms with Gasteiger partial charge in [0, 0.05) is 12.1 Å². The zero-order valence-corrected chi connectivity index (χ0v) is 11.3. The SMILES string of the molecule is Cc1cccc(/C(=C\c2ccc([N+](=O)[O-])cc2)C(=O)O)c1. The van der Waals surface area contributed by atoms with E-state index in [0.717, 1.165) is 5.56 Å². The first-order valence-electron chi connectivity index (χ1n) is 6.24. The molecule has 106 valence electrons. The van der Waals surface area contributed by atoms with Crippen LogP contribution in [0.5, 0.6) is 0 Å². The Labute approximate surface area is 121 Å². The molecule has 0 amide bonds. The van der Waals surface area contributed by atoms with Crippen LogP contribution in [0.4, 0.5) is 5.69 Å². The van der Waals surface area contributed by atoms with Crippen molar-refractivity contribution in [3.8, 4) is 0 Å². The van der Waals surface area contributed by atoms with Crippen molar-refractivity contribution < 1.29 is 14.8 Å². The molecule has 0 aliphatic carbocycles. The van der Waals surface area contributed by atoms with Crippen molar-refractivity contribution >= 4 is 23.3 Å². The Kier molecular flexibility index (Phi) is 4.13. The molecule has 0 heterocycles. The number of nitro groups is 1. The first-order valence-corrected chi connectivity index (χ1v) is 6.24. The molecule has 21 heavy (non-hydrogen) atoms. The monoisotopic (exact) mass is 283 g/mol. The number of nitrogens with zero attached hydrogens (tertiary/aromatic N) is 1. The molecule has 0 radical (unpaired) electrons. The summed E-state index contributed by atoms with van der Waals surface area (Å²) in [6.45, 7) is 1.88. The molecule has 0 fully saturated rings. The molecule has 2 aromatic carbocycles. The minimum absolute atomic E-state index is 0.0282. The number of hydrogen-bond donors (Lipinski definition) is 1. The van der Waals surface area contributed by atoms with Gasteiger partial charge in [0.15, 0.2) is 0 Å². The average Bonchev–Trinajstić information content (AvgIpc) is 2.45. The van der Waals surface area contributed by atoms with Crippen molar-refractivity contribution in [2.24, 2.45) is 0 Å². The molecule has 0 atom stereocenters. The third-order valence-electron chi connectivity index (χ3n) is 2.97. The van der Waals surface area contributed by atoms with Gasteiger partial charge in [0.2, 0.25) is 0 Å². The summed E-state index contributed by atoms with van der Waals surface area (Å²) in [5.41, 5.74) is 2.27. The number of carbonyl (C=O) groups is 1. The largest absolute Gasteiger partial charge is 0.478 e. The first kappa shape index (κ1) is 14.5. The van der Waals surface area contributed by atoms with E-state index in [2.05, 4.69) is 0 Å². The highest BCUT2D eigenvalue weighted by atomic mass is 16.6. The van der Waals surface area contributed by atoms with E-state index >= 15 is 0 Å². The van der Waals surface area contributed by atoms with Gasteiger partial charge in [0.25, 0.3) is 5.69 Å². The van der Waals surface area contributed by atoms with Crippen molar-refractivity contribution in [1.29, 1.82) is 0 Å². The average molecular weight is 283 g/mol. The van der Waals surface area contributed by atoms with Crippen molar-refractivity contribution in [2.75, 3.05) is 0 Å². The minimum atomic E-state index is -1.04. The summed E-state index contributed by atoms with van der Waals surface area (Å²) in [5, 5.41) is 19.9. The molecule has 0 saturated heterocycles. The first-order chi connectivity index (χ1) is 9.97. The van der Waals surface area contributed by atoms with Crippen molar-refractivity contribution in [2.45, 2.75) is 6.92 Å². The summed E-state index contributed by atoms with van der Waals surface area (Å²) in [7, 11) is 0. The lowest BCUT2D eigenvalue weighted by Crippen LogP contribution is -2.00. The summed E-state index contributed by atoms with van der Waals surface area (Å²) in [4.78, 5) is 21.5. The summed E-state index contributed by atoms with van der Waals surface area (Å²) < 4.78 is 0. The van der Waals surface area contributed by atoms with Gasteiger partial charge in [-0.15, -0.1) is 0 Å². The maximum atomic E-state index is 11.4. The number of rotatable bonds is 4. The standard InChI is InChI=1S/C16H13NO4/c1-11-3-2-4-13(9-11)15(16(18)19)10-12-5-7-14(8-6-12)17(20)21/h2-10H,1H3,(H,18,19)/b15-10+. The van der Waals surface area contributed by atoms with Crippen LogP contribution < -0.4 is 0 Å². The van der Waals surface area contributed by atoms with Gasteiger partial charge < -0.3 is 5.11 Å². The number of aryl methyl sites for hydroxylation is 1. The maximum Gasteiger partial charge on any atom is 0.336 e. The smallest absolute Gasteiger partial charge is 0.336 e. The van der Waals surface area contributed by atoms with E-state index in [1.54, 1.807) is 18.2 Å². The second-order valence-electron chi connectivity index (χ2n) is 4.58. The Morgan fingerprint density at radius 3 is 2.38 bits per heavy atom. The Morgan fingerprint density at radius 1 is 1.19 bits per heavy atom. The maximum absolute atomic E-state index is 11.4. The molecule has 0 unspecified atom stereocenters. The summed E-state index contributed by atoms with van der Waals surface area (Å²) in [5.74, 6) is -1.04. The number of non-ortho nitro benzene ring substituents is 1. The Morgan fingerprint density at radius 2 is 1.86 bits per heavy atom. The molecular weight excluding hydrogens is 270 g/mol. The van der Waals surface area contributed by atoms with Gasteiger partial charge in [-0.25, -0.2) is 4.79 Å². The second-order valence-corrected chi connectivity index (χ2v) is 4.58. The van der Waals surface area contributed by atoms with Gasteiger partial charge in [0.1, 0.15) is 0 Å². The van der Waals surface area contributed by atoms with Gasteiger partial charge in [-0.2, -0.15) is 0 Å². The molecule has 5 heteroatoms. The predicted octanol–water partition coefficient (Wildman–Crippen LogP) is 3.53. The van der Waals surface area contributed by atoms with Crippen LogP contribution in [0.15, 0.2) is 48.5 Å². The van der Waals surface area contributed by atoms with Gasteiger partial charge in [0.05, 0.1) is 10.5 Å². The van der Waals surface area contributed by atoms with Crippen LogP contribution in [0.3, 0.4) is 0 Å². The highest BCUT2D eigenvalue weighted by Crippen LogP contribution is 2.21. The highest BCUT2D eigenvalue weighted by Gasteiger charge is 2.11. The normalized spacial score (nSPS) is 11.2. The lowest BCUT2D eigenvalue weighted by atomic mass is 10.0. The van der Waals surface area contributed by atoms with E-state index in [0.29, 0.717) is 11.1 Å². The fraction of sp³-hybridized carbons (Fsp3) is 0.0625. The van der Waals surface area contributed by atoms with Crippen LogP contribution >= 0.6 is 0 Å². The molecule has 1 N–H and O–H groups in total. The number of carboxylic acid groups (broad SMARTS) is 1. The zero-order valence-electron chi connectivity index (χ0n) is 11.3. The van der Waals surface area contributed by atoms with E-state index in [1.807, 2.05) is 13.0 Å². The summed E-state index contributed by atoms with van der Waals surface area (Å²) in [6.07, 6.45) is 1.50. The lowest BCUT2D eigenvalue weighted by molar-refractivity contribution is -0.384. The zero-order chi connectivity index (χ0) is 15.4. The summed E-state index contributed by atoms with van der Waals surface area (Å²) >= 11 is 0. The second kappa shape index (κ2) is 6.00. The van der Waals surface area contributed by atoms with E-state index in [-0.39, 0.29) is 11.3 Å². The molecule has 2 rings (SSSR count). The van der Waals surface area contributed by atoms with Crippen LogP contribution in [0, 0.1) is 17.0 Å². The van der Waals surface area contributed by atoms with Crippen LogP contribution in [-0.4, -0.2) is 16.0 Å². The summed E-state index contributed by atoms with van der Waals surface area (Å²) in [6, 6.07) is 12.9. The Bertz CT molecular complexity index is 717. The van der Waals surface area contributed by atoms with Crippen molar-refractivity contribution in [1.82, 2.24) is 0 Å². The number of hydrogen-bond acceptors (Lipinski definition) is 3. The predicted molar refractivity (Wildman–Crippen MR) is 79.8 cm³/mol.